The van der Waals surface area contributed by atoms with Gasteiger partial charge in [0.1, 0.15) is 24.1 Å². The van der Waals surface area contributed by atoms with Gasteiger partial charge in [-0.1, -0.05) is 6.58 Å². The molecule has 2 aromatic heterocycles. The number of nitrogens with two attached hydrogens (primary N) is 1. The van der Waals surface area contributed by atoms with Crippen LogP contribution in [0.25, 0.3) is 17.2 Å². The summed E-state index contributed by atoms with van der Waals surface area (Å²) in [6.07, 6.45) is -3.32. The number of aliphatic hydroxyl groups excluding tert-OH is 3. The van der Waals surface area contributed by atoms with Crippen LogP contribution in [0.15, 0.2) is 11.4 Å². The van der Waals surface area contributed by atoms with Gasteiger partial charge in [0.2, 0.25) is 5.95 Å². The maximum absolute atomic E-state index is 11.9. The molecular formula is C12H15N5O5. The van der Waals surface area contributed by atoms with Crippen LogP contribution in [0.3, 0.4) is 0 Å². The molecule has 1 saturated heterocycles. The summed E-state index contributed by atoms with van der Waals surface area (Å²) in [6, 6.07) is 0. The fourth-order valence-corrected chi connectivity index (χ4v) is 2.51. The number of nitrogen functional groups attached to an aromatic ring is 1. The highest BCUT2D eigenvalue weighted by atomic mass is 16.6. The molecule has 0 saturated carbocycles. The molecule has 0 spiro atoms. The van der Waals surface area contributed by atoms with Gasteiger partial charge < -0.3 is 25.8 Å². The summed E-state index contributed by atoms with van der Waals surface area (Å²) in [5.41, 5.74) is 5.08. The van der Waals surface area contributed by atoms with Crippen LogP contribution in [-0.2, 0) is 4.74 Å². The van der Waals surface area contributed by atoms with Crippen molar-refractivity contribution in [3.63, 3.8) is 0 Å². The third-order valence-electron chi connectivity index (χ3n) is 3.55. The Morgan fingerprint density at radius 3 is 2.73 bits per heavy atom. The lowest BCUT2D eigenvalue weighted by Crippen LogP contribution is -2.33. The van der Waals surface area contributed by atoms with Crippen molar-refractivity contribution in [2.24, 2.45) is 0 Å². The first-order valence-electron chi connectivity index (χ1n) is 6.50. The number of rotatable bonds is 3. The summed E-state index contributed by atoms with van der Waals surface area (Å²) in [5, 5.41) is 29.2. The monoisotopic (exact) mass is 309 g/mol. The zero-order chi connectivity index (χ0) is 16.0. The minimum Gasteiger partial charge on any atom is -0.394 e. The maximum atomic E-state index is 11.9. The van der Waals surface area contributed by atoms with Crippen molar-refractivity contribution in [3.8, 4) is 0 Å². The predicted molar refractivity (Wildman–Crippen MR) is 75.7 cm³/mol. The molecule has 22 heavy (non-hydrogen) atoms. The highest BCUT2D eigenvalue weighted by Crippen LogP contribution is 2.32. The molecule has 3 heterocycles. The third kappa shape index (κ3) is 2.01. The van der Waals surface area contributed by atoms with E-state index in [1.165, 1.54) is 10.6 Å². The van der Waals surface area contributed by atoms with E-state index in [0.29, 0.717) is 0 Å². The lowest BCUT2D eigenvalue weighted by Gasteiger charge is -2.18. The first-order chi connectivity index (χ1) is 10.5. The van der Waals surface area contributed by atoms with Crippen molar-refractivity contribution < 1.29 is 20.1 Å². The van der Waals surface area contributed by atoms with Crippen LogP contribution in [0.2, 0.25) is 0 Å². The van der Waals surface area contributed by atoms with E-state index < -0.39 is 36.7 Å². The largest absolute Gasteiger partial charge is 0.394 e. The summed E-state index contributed by atoms with van der Waals surface area (Å²) in [5.74, 6) is 0.0921. The number of H-pyrrole nitrogens is 1. The summed E-state index contributed by atoms with van der Waals surface area (Å²) >= 11 is 0. The molecular weight excluding hydrogens is 294 g/mol. The average Bonchev–Trinajstić information content (AvgIpc) is 2.98. The van der Waals surface area contributed by atoms with Crippen molar-refractivity contribution >= 4 is 23.2 Å². The number of aromatic amines is 1. The lowest BCUT2D eigenvalue weighted by molar-refractivity contribution is -0.0513. The third-order valence-corrected chi connectivity index (χ3v) is 3.55. The number of hydrogen-bond acceptors (Lipinski definition) is 8. The molecule has 118 valence electrons. The number of fused-ring (bicyclic) bond motifs is 1. The summed E-state index contributed by atoms with van der Waals surface area (Å²) in [6.45, 7) is 3.12. The first kappa shape index (κ1) is 14.7. The fourth-order valence-electron chi connectivity index (χ4n) is 2.51. The van der Waals surface area contributed by atoms with Gasteiger partial charge in [-0.25, -0.2) is 4.98 Å². The number of aromatic nitrogens is 4. The fraction of sp³-hybridized carbons (Fsp3) is 0.417. The Balaban J connectivity index is 2.22. The Morgan fingerprint density at radius 1 is 1.41 bits per heavy atom. The molecule has 4 atom stereocenters. The maximum Gasteiger partial charge on any atom is 0.280 e. The van der Waals surface area contributed by atoms with Gasteiger partial charge in [0.25, 0.3) is 5.56 Å². The van der Waals surface area contributed by atoms with Crippen molar-refractivity contribution in [3.05, 3.63) is 22.8 Å². The van der Waals surface area contributed by atoms with E-state index in [0.717, 1.165) is 0 Å². The summed E-state index contributed by atoms with van der Waals surface area (Å²) in [7, 11) is 0. The molecule has 2 aromatic rings. The molecule has 0 aliphatic carbocycles. The minimum absolute atomic E-state index is 0.00170. The number of aliphatic hydroxyl groups is 3. The second kappa shape index (κ2) is 5.18. The Morgan fingerprint density at radius 2 is 2.14 bits per heavy atom. The van der Waals surface area contributed by atoms with E-state index in [-0.39, 0.29) is 22.9 Å². The van der Waals surface area contributed by atoms with Crippen molar-refractivity contribution in [2.45, 2.75) is 24.5 Å². The van der Waals surface area contributed by atoms with E-state index in [1.807, 2.05) is 0 Å². The topological polar surface area (TPSA) is 160 Å². The van der Waals surface area contributed by atoms with Gasteiger partial charge in [0.15, 0.2) is 17.4 Å². The van der Waals surface area contributed by atoms with Crippen molar-refractivity contribution in [1.29, 1.82) is 0 Å². The van der Waals surface area contributed by atoms with Gasteiger partial charge in [-0.05, 0) is 6.08 Å². The number of ether oxygens (including phenoxy) is 1. The highest BCUT2D eigenvalue weighted by molar-refractivity contribution is 5.73. The van der Waals surface area contributed by atoms with Gasteiger partial charge in [-0.2, -0.15) is 4.98 Å². The SMILES string of the molecule is C=Cc1nc2c(=O)[nH]c(N)nc2n1[C@@H]1O[C@H](CO)C(O)C1O. The zero-order valence-corrected chi connectivity index (χ0v) is 11.4. The zero-order valence-electron chi connectivity index (χ0n) is 11.4. The van der Waals surface area contributed by atoms with E-state index in [4.69, 9.17) is 15.6 Å². The molecule has 2 unspecified atom stereocenters. The van der Waals surface area contributed by atoms with Crippen LogP contribution in [0.5, 0.6) is 0 Å². The molecule has 1 fully saturated rings. The summed E-state index contributed by atoms with van der Waals surface area (Å²) in [4.78, 5) is 22.3. The highest BCUT2D eigenvalue weighted by Gasteiger charge is 2.44. The molecule has 3 rings (SSSR count). The van der Waals surface area contributed by atoms with Crippen molar-refractivity contribution in [2.75, 3.05) is 12.3 Å². The second-order valence-corrected chi connectivity index (χ2v) is 4.90. The standard InChI is InChI=1S/C12H15N5O5/c1-2-5-14-6-9(15-12(13)16-10(6)21)17(5)11-8(20)7(19)4(3-18)22-11/h2,4,7-8,11,18-20H,1,3H2,(H3,13,15,16,21)/t4-,7?,8?,11-/m1/s1. The molecule has 10 nitrogen and oxygen atoms in total. The minimum atomic E-state index is -1.34. The average molecular weight is 309 g/mol. The predicted octanol–water partition coefficient (Wildman–Crippen LogP) is -2.04. The molecule has 1 aliphatic heterocycles. The number of hydrogen-bond donors (Lipinski definition) is 5. The van der Waals surface area contributed by atoms with E-state index in [1.54, 1.807) is 0 Å². The Hall–Kier alpha value is -2.27. The normalized spacial score (nSPS) is 28.3. The summed E-state index contributed by atoms with van der Waals surface area (Å²) < 4.78 is 6.76. The quantitative estimate of drug-likeness (QED) is 0.433. The van der Waals surface area contributed by atoms with Crippen LogP contribution < -0.4 is 11.3 Å². The van der Waals surface area contributed by atoms with Gasteiger partial charge in [-0.15, -0.1) is 0 Å². The molecule has 1 aliphatic rings. The van der Waals surface area contributed by atoms with Gasteiger partial charge in [0.05, 0.1) is 6.61 Å². The van der Waals surface area contributed by atoms with E-state index >= 15 is 0 Å². The number of nitrogens with zero attached hydrogens (tertiary/aromatic N) is 3. The molecule has 0 radical (unpaired) electrons. The lowest BCUT2D eigenvalue weighted by atomic mass is 10.1. The van der Waals surface area contributed by atoms with E-state index in [2.05, 4.69) is 21.5 Å². The van der Waals surface area contributed by atoms with Crippen LogP contribution in [0.4, 0.5) is 5.95 Å². The van der Waals surface area contributed by atoms with Crippen LogP contribution in [0.1, 0.15) is 12.1 Å². The van der Waals surface area contributed by atoms with Gasteiger partial charge in [0, 0.05) is 0 Å². The van der Waals surface area contributed by atoms with Gasteiger partial charge in [-0.3, -0.25) is 14.3 Å². The number of nitrogens with one attached hydrogen (secondary N) is 1. The smallest absolute Gasteiger partial charge is 0.280 e. The molecule has 6 N–H and O–H groups in total. The molecule has 0 aromatic carbocycles. The second-order valence-electron chi connectivity index (χ2n) is 4.90. The van der Waals surface area contributed by atoms with Gasteiger partial charge >= 0.3 is 0 Å². The van der Waals surface area contributed by atoms with Crippen LogP contribution in [-0.4, -0.2) is 59.8 Å². The number of imidazole rings is 1. The molecule has 0 amide bonds. The first-order valence-corrected chi connectivity index (χ1v) is 6.50. The molecule has 10 heteroatoms. The Bertz CT molecular complexity index is 784. The van der Waals surface area contributed by atoms with Crippen LogP contribution in [0, 0.1) is 0 Å². The Labute approximate surface area is 123 Å². The van der Waals surface area contributed by atoms with Crippen LogP contribution >= 0.6 is 0 Å². The van der Waals surface area contributed by atoms with Crippen molar-refractivity contribution in [1.82, 2.24) is 19.5 Å². The number of anilines is 1. The Kier molecular flexibility index (Phi) is 3.45. The molecule has 0 bridgehead atoms. The van der Waals surface area contributed by atoms with E-state index in [9.17, 15) is 15.0 Å².